The highest BCUT2D eigenvalue weighted by Crippen LogP contribution is 2.30. The summed E-state index contributed by atoms with van der Waals surface area (Å²) in [6, 6.07) is 3.71. The molecule has 0 aromatic heterocycles. The molecule has 0 bridgehead atoms. The minimum absolute atomic E-state index is 0. The molecule has 0 aliphatic rings. The van der Waals surface area contributed by atoms with E-state index in [0.717, 1.165) is 11.1 Å². The molecular formula is C15H24ClN3O4. The van der Waals surface area contributed by atoms with Gasteiger partial charge in [0.25, 0.3) is 0 Å². The maximum atomic E-state index is 12.0. The highest BCUT2D eigenvalue weighted by Gasteiger charge is 2.14. The Morgan fingerprint density at radius 2 is 1.78 bits per heavy atom. The predicted molar refractivity (Wildman–Crippen MR) is 90.1 cm³/mol. The van der Waals surface area contributed by atoms with E-state index in [1.165, 1.54) is 4.90 Å². The lowest BCUT2D eigenvalue weighted by Gasteiger charge is -2.20. The second-order valence-electron chi connectivity index (χ2n) is 4.86. The maximum Gasteiger partial charge on any atom is 0.242 e. The molecule has 0 heterocycles. The molecule has 1 aromatic rings. The SMILES string of the molecule is COc1cc(C)c(CN(C)C(=O)CNC(=O)CN)cc1OC.Cl. The van der Waals surface area contributed by atoms with E-state index in [1.807, 2.05) is 19.1 Å². The Kier molecular flexibility index (Phi) is 9.05. The van der Waals surface area contributed by atoms with Gasteiger partial charge in [-0.3, -0.25) is 9.59 Å². The number of halogens is 1. The van der Waals surface area contributed by atoms with E-state index in [-0.39, 0.29) is 37.3 Å². The summed E-state index contributed by atoms with van der Waals surface area (Å²) < 4.78 is 10.5. The van der Waals surface area contributed by atoms with Gasteiger partial charge in [-0.2, -0.15) is 0 Å². The molecule has 0 saturated heterocycles. The topological polar surface area (TPSA) is 93.9 Å². The first-order valence-electron chi connectivity index (χ1n) is 6.85. The molecule has 7 nitrogen and oxygen atoms in total. The fourth-order valence-corrected chi connectivity index (χ4v) is 1.92. The Balaban J connectivity index is 0.00000484. The highest BCUT2D eigenvalue weighted by molar-refractivity contribution is 5.85. The first-order valence-corrected chi connectivity index (χ1v) is 6.85. The number of nitrogens with zero attached hydrogens (tertiary/aromatic N) is 1. The van der Waals surface area contributed by atoms with Crippen molar-refractivity contribution in [3.63, 3.8) is 0 Å². The van der Waals surface area contributed by atoms with E-state index >= 15 is 0 Å². The average Bonchev–Trinajstić information content (AvgIpc) is 2.53. The molecule has 0 saturated carbocycles. The first kappa shape index (κ1) is 21.0. The normalized spacial score (nSPS) is 9.61. The number of carbonyl (C=O) groups is 2. The van der Waals surface area contributed by atoms with Crippen LogP contribution in [0.3, 0.4) is 0 Å². The zero-order valence-corrected chi connectivity index (χ0v) is 14.7. The molecule has 0 atom stereocenters. The molecule has 3 N–H and O–H groups in total. The summed E-state index contributed by atoms with van der Waals surface area (Å²) in [5.74, 6) is 0.702. The quantitative estimate of drug-likeness (QED) is 0.749. The maximum absolute atomic E-state index is 12.0. The van der Waals surface area contributed by atoms with Gasteiger partial charge in [0.15, 0.2) is 11.5 Å². The van der Waals surface area contributed by atoms with Crippen LogP contribution in [0.25, 0.3) is 0 Å². The number of nitrogens with two attached hydrogens (primary N) is 1. The third-order valence-electron chi connectivity index (χ3n) is 3.30. The van der Waals surface area contributed by atoms with Gasteiger partial charge >= 0.3 is 0 Å². The van der Waals surface area contributed by atoms with Gasteiger partial charge in [0, 0.05) is 13.6 Å². The molecular weight excluding hydrogens is 322 g/mol. The molecule has 23 heavy (non-hydrogen) atoms. The molecule has 1 aromatic carbocycles. The predicted octanol–water partition coefficient (Wildman–Crippen LogP) is 0.467. The van der Waals surface area contributed by atoms with Crippen LogP contribution >= 0.6 is 12.4 Å². The Hall–Kier alpha value is -1.99. The number of hydrogen-bond acceptors (Lipinski definition) is 5. The van der Waals surface area contributed by atoms with Crippen molar-refractivity contribution < 1.29 is 19.1 Å². The Morgan fingerprint density at radius 3 is 2.30 bits per heavy atom. The summed E-state index contributed by atoms with van der Waals surface area (Å²) in [6.07, 6.45) is 0. The van der Waals surface area contributed by atoms with Crippen molar-refractivity contribution in [1.29, 1.82) is 0 Å². The van der Waals surface area contributed by atoms with Crippen LogP contribution in [0.2, 0.25) is 0 Å². The van der Waals surface area contributed by atoms with Crippen LogP contribution in [-0.4, -0.2) is 51.1 Å². The smallest absolute Gasteiger partial charge is 0.242 e. The van der Waals surface area contributed by atoms with Gasteiger partial charge in [0.2, 0.25) is 11.8 Å². The van der Waals surface area contributed by atoms with Crippen molar-refractivity contribution in [2.75, 3.05) is 34.4 Å². The van der Waals surface area contributed by atoms with Gasteiger partial charge in [0.05, 0.1) is 27.3 Å². The lowest BCUT2D eigenvalue weighted by Crippen LogP contribution is -2.40. The van der Waals surface area contributed by atoms with Crippen molar-refractivity contribution >= 4 is 24.2 Å². The van der Waals surface area contributed by atoms with E-state index in [0.29, 0.717) is 18.0 Å². The number of benzene rings is 1. The molecule has 0 radical (unpaired) electrons. The second-order valence-corrected chi connectivity index (χ2v) is 4.86. The number of nitrogens with one attached hydrogen (secondary N) is 1. The fourth-order valence-electron chi connectivity index (χ4n) is 1.92. The monoisotopic (exact) mass is 345 g/mol. The van der Waals surface area contributed by atoms with Gasteiger partial charge in [-0.15, -0.1) is 12.4 Å². The Morgan fingerprint density at radius 1 is 1.22 bits per heavy atom. The standard InChI is InChI=1S/C15H23N3O4.ClH/c1-10-5-12(21-3)13(22-4)6-11(10)9-18(2)15(20)8-17-14(19)7-16;/h5-6H,7-9,16H2,1-4H3,(H,17,19);1H. The lowest BCUT2D eigenvalue weighted by molar-refractivity contribution is -0.131. The molecule has 0 aliphatic carbocycles. The van der Waals surface area contributed by atoms with Crippen molar-refractivity contribution in [1.82, 2.24) is 10.2 Å². The van der Waals surface area contributed by atoms with Crippen LogP contribution in [0, 0.1) is 6.92 Å². The van der Waals surface area contributed by atoms with Crippen molar-refractivity contribution in [2.24, 2.45) is 5.73 Å². The first-order chi connectivity index (χ1) is 10.4. The van der Waals surface area contributed by atoms with E-state index < -0.39 is 0 Å². The molecule has 2 amide bonds. The van der Waals surface area contributed by atoms with Crippen LogP contribution in [0.15, 0.2) is 12.1 Å². The largest absolute Gasteiger partial charge is 0.493 e. The van der Waals surface area contributed by atoms with Gasteiger partial charge in [0.1, 0.15) is 0 Å². The third-order valence-corrected chi connectivity index (χ3v) is 3.30. The van der Waals surface area contributed by atoms with E-state index in [2.05, 4.69) is 5.32 Å². The molecule has 0 spiro atoms. The number of methoxy groups -OCH3 is 2. The minimum Gasteiger partial charge on any atom is -0.493 e. The third kappa shape index (κ3) is 5.96. The van der Waals surface area contributed by atoms with Gasteiger partial charge in [-0.05, 0) is 30.2 Å². The van der Waals surface area contributed by atoms with E-state index in [9.17, 15) is 9.59 Å². The fraction of sp³-hybridized carbons (Fsp3) is 0.467. The number of aryl methyl sites for hydroxylation is 1. The summed E-state index contributed by atoms with van der Waals surface area (Å²) in [6.45, 7) is 2.14. The Bertz CT molecular complexity index is 552. The number of hydrogen-bond donors (Lipinski definition) is 2. The van der Waals surface area contributed by atoms with Crippen LogP contribution in [0.4, 0.5) is 0 Å². The molecule has 8 heteroatoms. The average molecular weight is 346 g/mol. The summed E-state index contributed by atoms with van der Waals surface area (Å²) in [5, 5.41) is 2.45. The molecule has 130 valence electrons. The molecule has 0 unspecified atom stereocenters. The van der Waals surface area contributed by atoms with Crippen molar-refractivity contribution in [3.8, 4) is 11.5 Å². The van der Waals surface area contributed by atoms with Crippen LogP contribution < -0.4 is 20.5 Å². The zero-order chi connectivity index (χ0) is 16.7. The van der Waals surface area contributed by atoms with Crippen molar-refractivity contribution in [2.45, 2.75) is 13.5 Å². The van der Waals surface area contributed by atoms with Crippen LogP contribution in [-0.2, 0) is 16.1 Å². The number of rotatable bonds is 7. The van der Waals surface area contributed by atoms with Crippen LogP contribution in [0.1, 0.15) is 11.1 Å². The number of carbonyl (C=O) groups excluding carboxylic acids is 2. The Labute approximate surface area is 142 Å². The van der Waals surface area contributed by atoms with Gasteiger partial charge in [-0.25, -0.2) is 0 Å². The summed E-state index contributed by atoms with van der Waals surface area (Å²) in [7, 11) is 4.81. The van der Waals surface area contributed by atoms with Crippen LogP contribution in [0.5, 0.6) is 11.5 Å². The van der Waals surface area contributed by atoms with Crippen molar-refractivity contribution in [3.05, 3.63) is 23.3 Å². The van der Waals surface area contributed by atoms with Gasteiger partial charge in [-0.1, -0.05) is 0 Å². The number of ether oxygens (including phenoxy) is 2. The summed E-state index contributed by atoms with van der Waals surface area (Å²) in [5.41, 5.74) is 7.11. The zero-order valence-electron chi connectivity index (χ0n) is 13.8. The summed E-state index contributed by atoms with van der Waals surface area (Å²) in [4.78, 5) is 24.6. The number of likely N-dealkylation sites (N-methyl/N-ethyl adjacent to an activating group) is 1. The minimum atomic E-state index is -0.357. The van der Waals surface area contributed by atoms with E-state index in [4.69, 9.17) is 15.2 Å². The van der Waals surface area contributed by atoms with E-state index in [1.54, 1.807) is 21.3 Å². The molecule has 1 rings (SSSR count). The summed E-state index contributed by atoms with van der Waals surface area (Å²) >= 11 is 0. The highest BCUT2D eigenvalue weighted by atomic mass is 35.5. The number of amides is 2. The second kappa shape index (κ2) is 9.91. The molecule has 0 aliphatic heterocycles. The van der Waals surface area contributed by atoms with Gasteiger partial charge < -0.3 is 25.4 Å². The lowest BCUT2D eigenvalue weighted by atomic mass is 10.1. The molecule has 0 fully saturated rings.